The van der Waals surface area contributed by atoms with Gasteiger partial charge < -0.3 is 9.64 Å². The quantitative estimate of drug-likeness (QED) is 0.714. The Morgan fingerprint density at radius 3 is 2.57 bits per heavy atom. The van der Waals surface area contributed by atoms with Crippen LogP contribution in [-0.2, 0) is 4.74 Å². The van der Waals surface area contributed by atoms with Crippen LogP contribution in [-0.4, -0.2) is 70.9 Å². The van der Waals surface area contributed by atoms with Crippen LogP contribution in [0.15, 0.2) is 30.3 Å². The van der Waals surface area contributed by atoms with E-state index in [1.54, 1.807) is 31.4 Å². The summed E-state index contributed by atoms with van der Waals surface area (Å²) in [6.07, 6.45) is 0.978. The van der Waals surface area contributed by atoms with E-state index in [-0.39, 0.29) is 23.8 Å². The molecule has 28 heavy (non-hydrogen) atoms. The van der Waals surface area contributed by atoms with E-state index < -0.39 is 0 Å². The van der Waals surface area contributed by atoms with E-state index >= 15 is 0 Å². The van der Waals surface area contributed by atoms with Crippen molar-refractivity contribution in [3.05, 3.63) is 47.5 Å². The summed E-state index contributed by atoms with van der Waals surface area (Å²) < 4.78 is 20.8. The SMILES string of the molecule is COCCCN1C(C)CN(C(=O)c2cc(C)n(-c3ccccc3F)n2)CC1C. The average Bonchev–Trinajstić information content (AvgIpc) is 3.05. The van der Waals surface area contributed by atoms with Crippen molar-refractivity contribution in [1.29, 1.82) is 0 Å². The Morgan fingerprint density at radius 1 is 1.25 bits per heavy atom. The molecule has 2 heterocycles. The second-order valence-electron chi connectivity index (χ2n) is 7.53. The molecule has 6 nitrogen and oxygen atoms in total. The first-order valence-electron chi connectivity index (χ1n) is 9.78. The van der Waals surface area contributed by atoms with Crippen molar-refractivity contribution in [3.8, 4) is 5.69 Å². The molecule has 1 saturated heterocycles. The van der Waals surface area contributed by atoms with Gasteiger partial charge in [0.05, 0.1) is 0 Å². The van der Waals surface area contributed by atoms with E-state index in [9.17, 15) is 9.18 Å². The molecule has 1 aromatic heterocycles. The van der Waals surface area contributed by atoms with E-state index in [2.05, 4.69) is 23.8 Å². The van der Waals surface area contributed by atoms with Gasteiger partial charge in [0.25, 0.3) is 5.91 Å². The topological polar surface area (TPSA) is 50.6 Å². The number of methoxy groups -OCH3 is 1. The number of rotatable bonds is 6. The zero-order valence-electron chi connectivity index (χ0n) is 17.1. The van der Waals surface area contributed by atoms with Crippen LogP contribution in [0.1, 0.15) is 36.5 Å². The van der Waals surface area contributed by atoms with Crippen molar-refractivity contribution in [2.75, 3.05) is 33.4 Å². The van der Waals surface area contributed by atoms with Crippen molar-refractivity contribution in [2.45, 2.75) is 39.3 Å². The molecule has 2 unspecified atom stereocenters. The Labute approximate surface area is 165 Å². The number of piperazine rings is 1. The Morgan fingerprint density at radius 2 is 1.93 bits per heavy atom. The highest BCUT2D eigenvalue weighted by Crippen LogP contribution is 2.20. The Bertz CT molecular complexity index is 810. The highest BCUT2D eigenvalue weighted by molar-refractivity contribution is 5.92. The van der Waals surface area contributed by atoms with Gasteiger partial charge in [-0.3, -0.25) is 9.69 Å². The van der Waals surface area contributed by atoms with Gasteiger partial charge in [0.1, 0.15) is 11.5 Å². The third kappa shape index (κ3) is 4.25. The van der Waals surface area contributed by atoms with Crippen molar-refractivity contribution in [2.24, 2.45) is 0 Å². The van der Waals surface area contributed by atoms with E-state index in [1.807, 2.05) is 11.8 Å². The van der Waals surface area contributed by atoms with Gasteiger partial charge in [0.15, 0.2) is 5.69 Å². The Balaban J connectivity index is 1.73. The zero-order valence-corrected chi connectivity index (χ0v) is 17.1. The van der Waals surface area contributed by atoms with E-state index in [0.29, 0.717) is 24.5 Å². The molecule has 1 aromatic carbocycles. The fourth-order valence-electron chi connectivity index (χ4n) is 3.96. The van der Waals surface area contributed by atoms with Crippen LogP contribution in [0.25, 0.3) is 5.69 Å². The Hall–Kier alpha value is -2.25. The number of carbonyl (C=O) groups excluding carboxylic acids is 1. The summed E-state index contributed by atoms with van der Waals surface area (Å²) in [6, 6.07) is 8.70. The predicted octanol–water partition coefficient (Wildman–Crippen LogP) is 2.89. The van der Waals surface area contributed by atoms with Crippen molar-refractivity contribution < 1.29 is 13.9 Å². The van der Waals surface area contributed by atoms with Gasteiger partial charge in [-0.05, 0) is 45.4 Å². The van der Waals surface area contributed by atoms with Crippen LogP contribution in [0.3, 0.4) is 0 Å². The molecule has 0 N–H and O–H groups in total. The molecule has 1 amide bonds. The molecule has 152 valence electrons. The van der Waals surface area contributed by atoms with Gasteiger partial charge >= 0.3 is 0 Å². The number of ether oxygens (including phenoxy) is 1. The van der Waals surface area contributed by atoms with E-state index in [1.165, 1.54) is 10.7 Å². The van der Waals surface area contributed by atoms with Crippen LogP contribution in [0.2, 0.25) is 0 Å². The lowest BCUT2D eigenvalue weighted by Gasteiger charge is -2.44. The molecular formula is C21H29FN4O2. The van der Waals surface area contributed by atoms with Gasteiger partial charge in [-0.25, -0.2) is 9.07 Å². The summed E-state index contributed by atoms with van der Waals surface area (Å²) in [6.45, 7) is 9.13. The minimum Gasteiger partial charge on any atom is -0.385 e. The summed E-state index contributed by atoms with van der Waals surface area (Å²) in [4.78, 5) is 17.3. The number of benzene rings is 1. The predicted molar refractivity (Wildman–Crippen MR) is 106 cm³/mol. The van der Waals surface area contributed by atoms with Crippen LogP contribution in [0.4, 0.5) is 4.39 Å². The van der Waals surface area contributed by atoms with Gasteiger partial charge in [-0.15, -0.1) is 0 Å². The van der Waals surface area contributed by atoms with Gasteiger partial charge in [-0.1, -0.05) is 12.1 Å². The average molecular weight is 388 g/mol. The summed E-state index contributed by atoms with van der Waals surface area (Å²) in [5.74, 6) is -0.465. The number of aromatic nitrogens is 2. The third-order valence-corrected chi connectivity index (χ3v) is 5.34. The van der Waals surface area contributed by atoms with Crippen LogP contribution < -0.4 is 0 Å². The fraction of sp³-hybridized carbons (Fsp3) is 0.524. The summed E-state index contributed by atoms with van der Waals surface area (Å²) in [5, 5.41) is 4.40. The smallest absolute Gasteiger partial charge is 0.274 e. The second-order valence-corrected chi connectivity index (χ2v) is 7.53. The summed E-state index contributed by atoms with van der Waals surface area (Å²) in [5.41, 5.74) is 1.43. The number of amides is 1. The molecule has 2 atom stereocenters. The maximum absolute atomic E-state index is 14.1. The first-order chi connectivity index (χ1) is 13.4. The molecule has 1 aliphatic rings. The number of para-hydroxylation sites is 1. The molecule has 0 radical (unpaired) electrons. The first kappa shape index (κ1) is 20.5. The molecule has 0 aliphatic carbocycles. The molecule has 7 heteroatoms. The lowest BCUT2D eigenvalue weighted by atomic mass is 10.1. The van der Waals surface area contributed by atoms with Crippen molar-refractivity contribution >= 4 is 5.91 Å². The van der Waals surface area contributed by atoms with E-state index in [0.717, 1.165) is 25.3 Å². The van der Waals surface area contributed by atoms with Gasteiger partial charge in [0.2, 0.25) is 0 Å². The molecule has 2 aromatic rings. The molecule has 3 rings (SSSR count). The standard InChI is InChI=1S/C21H29FN4O2/c1-15-12-19(23-26(15)20-9-6-5-8-18(20)22)21(27)24-13-16(2)25(17(3)14-24)10-7-11-28-4/h5-6,8-9,12,16-17H,7,10-11,13-14H2,1-4H3. The van der Waals surface area contributed by atoms with Crippen LogP contribution >= 0.6 is 0 Å². The van der Waals surface area contributed by atoms with Crippen LogP contribution in [0, 0.1) is 12.7 Å². The number of halogens is 1. The highest BCUT2D eigenvalue weighted by Gasteiger charge is 2.32. The lowest BCUT2D eigenvalue weighted by molar-refractivity contribution is 0.0266. The maximum atomic E-state index is 14.1. The largest absolute Gasteiger partial charge is 0.385 e. The number of hydrogen-bond acceptors (Lipinski definition) is 4. The number of carbonyl (C=O) groups is 1. The second kappa shape index (κ2) is 8.84. The normalized spacial score (nSPS) is 20.5. The summed E-state index contributed by atoms with van der Waals surface area (Å²) in [7, 11) is 1.71. The van der Waals surface area contributed by atoms with Crippen LogP contribution in [0.5, 0.6) is 0 Å². The molecular weight excluding hydrogens is 359 g/mol. The molecule has 0 saturated carbocycles. The van der Waals surface area contributed by atoms with Gasteiger partial charge in [0, 0.05) is 51.1 Å². The van der Waals surface area contributed by atoms with E-state index in [4.69, 9.17) is 4.74 Å². The maximum Gasteiger partial charge on any atom is 0.274 e. The first-order valence-corrected chi connectivity index (χ1v) is 9.78. The molecule has 0 spiro atoms. The minimum absolute atomic E-state index is 0.103. The number of aryl methyl sites for hydroxylation is 1. The summed E-state index contributed by atoms with van der Waals surface area (Å²) >= 11 is 0. The minimum atomic E-state index is -0.361. The number of nitrogens with zero attached hydrogens (tertiary/aromatic N) is 4. The fourth-order valence-corrected chi connectivity index (χ4v) is 3.96. The zero-order chi connectivity index (χ0) is 20.3. The number of hydrogen-bond donors (Lipinski definition) is 0. The van der Waals surface area contributed by atoms with Crippen molar-refractivity contribution in [1.82, 2.24) is 19.6 Å². The highest BCUT2D eigenvalue weighted by atomic mass is 19.1. The molecule has 1 fully saturated rings. The lowest BCUT2D eigenvalue weighted by Crippen LogP contribution is -2.58. The van der Waals surface area contributed by atoms with Crippen molar-refractivity contribution in [3.63, 3.8) is 0 Å². The van der Waals surface area contributed by atoms with Gasteiger partial charge in [-0.2, -0.15) is 5.10 Å². The molecule has 0 bridgehead atoms. The molecule has 1 aliphatic heterocycles. The Kier molecular flexibility index (Phi) is 6.46. The monoisotopic (exact) mass is 388 g/mol. The third-order valence-electron chi connectivity index (χ3n) is 5.34.